The topological polar surface area (TPSA) is 116 Å². The highest BCUT2D eigenvalue weighted by molar-refractivity contribution is 7.93. The quantitative estimate of drug-likeness (QED) is 0.363. The van der Waals surface area contributed by atoms with Gasteiger partial charge < -0.3 is 14.7 Å². The molecule has 1 aliphatic rings. The molecular weight excluding hydrogens is 512 g/mol. The third-order valence-corrected chi connectivity index (χ3v) is 8.52. The van der Waals surface area contributed by atoms with Crippen molar-refractivity contribution in [2.75, 3.05) is 30.9 Å². The maximum Gasteiger partial charge on any atom is 0.138 e. The molecule has 3 aromatic heterocycles. The summed E-state index contributed by atoms with van der Waals surface area (Å²) in [5.74, 6) is 1.39. The van der Waals surface area contributed by atoms with Crippen LogP contribution in [0.3, 0.4) is 0 Å². The van der Waals surface area contributed by atoms with Gasteiger partial charge in [-0.2, -0.15) is 10.4 Å². The van der Waals surface area contributed by atoms with Crippen molar-refractivity contribution >= 4 is 21.1 Å². The van der Waals surface area contributed by atoms with Gasteiger partial charge in [0.2, 0.25) is 0 Å². The molecule has 0 radical (unpaired) electrons. The Morgan fingerprint density at radius 2 is 1.92 bits per heavy atom. The first kappa shape index (κ1) is 26.7. The van der Waals surface area contributed by atoms with Crippen LogP contribution in [0.2, 0.25) is 0 Å². The van der Waals surface area contributed by atoms with Crippen molar-refractivity contribution in [3.05, 3.63) is 72.7 Å². The van der Waals surface area contributed by atoms with Crippen molar-refractivity contribution in [1.29, 1.82) is 5.26 Å². The van der Waals surface area contributed by atoms with Crippen LogP contribution in [0.4, 0.5) is 5.82 Å². The van der Waals surface area contributed by atoms with Gasteiger partial charge in [-0.15, -0.1) is 0 Å². The summed E-state index contributed by atoms with van der Waals surface area (Å²) in [5.41, 5.74) is 1.74. The normalized spacial score (nSPS) is 16.0. The van der Waals surface area contributed by atoms with Crippen LogP contribution in [0.5, 0.6) is 5.75 Å². The maximum atomic E-state index is 13.2. The predicted molar refractivity (Wildman–Crippen MR) is 151 cm³/mol. The van der Waals surface area contributed by atoms with Gasteiger partial charge in [-0.1, -0.05) is 18.2 Å². The standard InChI is InChI=1S/C29H32N6O3S/c1-29(2,36)20-38-24-15-26(28-22(16-30)18-32-35(28)19-24)21-9-10-27(31-17-21)34-13-11-23(12-14-34)33-39(3,37)25-7-5-4-6-8-25/h4-10,15,17-19,23,36H,11-14,20H2,1-3H3/t39-/m0/s1. The van der Waals surface area contributed by atoms with Crippen molar-refractivity contribution in [1.82, 2.24) is 14.6 Å². The molecule has 1 N–H and O–H groups in total. The zero-order chi connectivity index (χ0) is 27.6. The van der Waals surface area contributed by atoms with Crippen molar-refractivity contribution in [3.8, 4) is 22.9 Å². The number of hydrogen-bond donors (Lipinski definition) is 1. The summed E-state index contributed by atoms with van der Waals surface area (Å²) in [5, 5.41) is 24.0. The fourth-order valence-electron chi connectivity index (χ4n) is 4.69. The first-order valence-electron chi connectivity index (χ1n) is 12.9. The molecule has 39 heavy (non-hydrogen) atoms. The summed E-state index contributed by atoms with van der Waals surface area (Å²) in [4.78, 5) is 7.72. The lowest BCUT2D eigenvalue weighted by Gasteiger charge is -2.31. The van der Waals surface area contributed by atoms with Crippen LogP contribution in [-0.4, -0.2) is 61.5 Å². The Bertz CT molecular complexity index is 1620. The predicted octanol–water partition coefficient (Wildman–Crippen LogP) is 4.54. The first-order valence-corrected chi connectivity index (χ1v) is 14.8. The molecule has 1 aliphatic heterocycles. The highest BCUT2D eigenvalue weighted by atomic mass is 32.2. The number of fused-ring (bicyclic) bond motifs is 1. The van der Waals surface area contributed by atoms with Crippen LogP contribution in [-0.2, 0) is 9.73 Å². The van der Waals surface area contributed by atoms with E-state index in [1.54, 1.807) is 37.0 Å². The Labute approximate surface area is 228 Å². The zero-order valence-electron chi connectivity index (χ0n) is 22.3. The van der Waals surface area contributed by atoms with Gasteiger partial charge in [-0.25, -0.2) is 18.1 Å². The van der Waals surface area contributed by atoms with Crippen LogP contribution in [0.1, 0.15) is 32.3 Å². The van der Waals surface area contributed by atoms with Gasteiger partial charge in [0, 0.05) is 41.6 Å². The van der Waals surface area contributed by atoms with E-state index in [9.17, 15) is 14.6 Å². The third kappa shape index (κ3) is 6.05. The maximum absolute atomic E-state index is 13.2. The number of benzene rings is 1. The number of ether oxygens (including phenoxy) is 1. The molecule has 1 atom stereocenters. The fourth-order valence-corrected chi connectivity index (χ4v) is 6.25. The number of piperidine rings is 1. The Morgan fingerprint density at radius 1 is 1.18 bits per heavy atom. The number of hydrogen-bond acceptors (Lipinski definition) is 8. The van der Waals surface area contributed by atoms with Gasteiger partial charge in [0.05, 0.1) is 44.8 Å². The Morgan fingerprint density at radius 3 is 2.56 bits per heavy atom. The summed E-state index contributed by atoms with van der Waals surface area (Å²) in [6.45, 7) is 5.02. The van der Waals surface area contributed by atoms with Crippen LogP contribution in [0, 0.1) is 11.3 Å². The SMILES string of the molecule is CC(C)(O)COc1cc(-c2ccc(N3CCC(N=[S@@](C)(=O)c4ccccc4)CC3)nc2)c2c(C#N)cnn2c1. The van der Waals surface area contributed by atoms with E-state index < -0.39 is 15.3 Å². The highest BCUT2D eigenvalue weighted by Crippen LogP contribution is 2.32. The zero-order valence-corrected chi connectivity index (χ0v) is 23.1. The molecule has 0 saturated carbocycles. The lowest BCUT2D eigenvalue weighted by Crippen LogP contribution is -2.36. The highest BCUT2D eigenvalue weighted by Gasteiger charge is 2.22. The Kier molecular flexibility index (Phi) is 7.30. The van der Waals surface area contributed by atoms with Gasteiger partial charge >= 0.3 is 0 Å². The lowest BCUT2D eigenvalue weighted by molar-refractivity contribution is 0.0283. The van der Waals surface area contributed by atoms with Crippen LogP contribution >= 0.6 is 0 Å². The number of aromatic nitrogens is 3. The molecular formula is C29H32N6O3S. The largest absolute Gasteiger partial charge is 0.489 e. The number of rotatable bonds is 7. The van der Waals surface area contributed by atoms with E-state index in [-0.39, 0.29) is 12.6 Å². The molecule has 1 fully saturated rings. The minimum Gasteiger partial charge on any atom is -0.489 e. The van der Waals surface area contributed by atoms with Crippen molar-refractivity contribution in [2.24, 2.45) is 4.36 Å². The lowest BCUT2D eigenvalue weighted by atomic mass is 10.0. The van der Waals surface area contributed by atoms with E-state index in [2.05, 4.69) is 16.1 Å². The molecule has 4 heterocycles. The van der Waals surface area contributed by atoms with Gasteiger partial charge in [0.25, 0.3) is 0 Å². The minimum absolute atomic E-state index is 0.0458. The van der Waals surface area contributed by atoms with Crippen LogP contribution < -0.4 is 9.64 Å². The Balaban J connectivity index is 1.34. The summed E-state index contributed by atoms with van der Waals surface area (Å²) in [6.07, 6.45) is 8.36. The van der Waals surface area contributed by atoms with Crippen molar-refractivity contribution in [2.45, 2.75) is 43.2 Å². The summed E-state index contributed by atoms with van der Waals surface area (Å²) < 4.78 is 25.3. The molecule has 0 spiro atoms. The summed E-state index contributed by atoms with van der Waals surface area (Å²) in [7, 11) is -2.43. The second-order valence-corrected chi connectivity index (χ2v) is 12.8. The van der Waals surface area contributed by atoms with E-state index in [4.69, 9.17) is 14.1 Å². The molecule has 0 unspecified atom stereocenters. The molecule has 10 heteroatoms. The second-order valence-electron chi connectivity index (χ2n) is 10.5. The average molecular weight is 545 g/mol. The van der Waals surface area contributed by atoms with E-state index >= 15 is 0 Å². The monoisotopic (exact) mass is 544 g/mol. The smallest absolute Gasteiger partial charge is 0.138 e. The number of aliphatic hydroxyl groups is 1. The molecule has 5 rings (SSSR count). The summed E-state index contributed by atoms with van der Waals surface area (Å²) >= 11 is 0. The molecule has 1 saturated heterocycles. The van der Waals surface area contributed by atoms with Gasteiger partial charge in [0.15, 0.2) is 0 Å². The molecule has 0 amide bonds. The third-order valence-electron chi connectivity index (χ3n) is 6.68. The number of pyridine rings is 2. The fraction of sp³-hybridized carbons (Fsp3) is 0.345. The van der Waals surface area contributed by atoms with Gasteiger partial charge in [-0.3, -0.25) is 0 Å². The van der Waals surface area contributed by atoms with Crippen molar-refractivity contribution < 1.29 is 14.1 Å². The molecule has 1 aromatic carbocycles. The van der Waals surface area contributed by atoms with E-state index in [1.165, 1.54) is 6.20 Å². The van der Waals surface area contributed by atoms with Crippen molar-refractivity contribution in [3.63, 3.8) is 0 Å². The molecule has 0 bridgehead atoms. The second kappa shape index (κ2) is 10.7. The molecule has 4 aromatic rings. The van der Waals surface area contributed by atoms with Gasteiger partial charge in [0.1, 0.15) is 24.2 Å². The van der Waals surface area contributed by atoms with E-state index in [1.807, 2.05) is 48.5 Å². The van der Waals surface area contributed by atoms with Crippen LogP contribution in [0.25, 0.3) is 16.6 Å². The van der Waals surface area contributed by atoms with Crippen LogP contribution in [0.15, 0.2) is 76.4 Å². The van der Waals surface area contributed by atoms with E-state index in [0.717, 1.165) is 47.8 Å². The molecule has 0 aliphatic carbocycles. The number of nitrogens with zero attached hydrogens (tertiary/aromatic N) is 6. The Hall–Kier alpha value is -3.94. The number of anilines is 1. The summed E-state index contributed by atoms with van der Waals surface area (Å²) in [6, 6.07) is 17.5. The average Bonchev–Trinajstić information content (AvgIpc) is 3.35. The first-order chi connectivity index (χ1) is 18.6. The minimum atomic E-state index is -2.43. The van der Waals surface area contributed by atoms with E-state index in [0.29, 0.717) is 16.8 Å². The molecule has 9 nitrogen and oxygen atoms in total. The number of nitriles is 1. The molecule has 202 valence electrons. The van der Waals surface area contributed by atoms with Gasteiger partial charge in [-0.05, 0) is 57.0 Å².